The molecule has 1 N–H and O–H groups in total. The quantitative estimate of drug-likeness (QED) is 0.611. The summed E-state index contributed by atoms with van der Waals surface area (Å²) in [7, 11) is 0. The van der Waals surface area contributed by atoms with Crippen LogP contribution in [0.1, 0.15) is 46.0 Å². The van der Waals surface area contributed by atoms with Gasteiger partial charge in [-0.1, -0.05) is 24.6 Å². The van der Waals surface area contributed by atoms with Gasteiger partial charge >= 0.3 is 0 Å². The SMILES string of the molecule is C[C@]12C=CC(=O)C=C1CC[C@H]1[C@@H]3CC=C(C(=O)CC=O)[C@@]3(C)CC(O)[C@@]12F. The molecule has 4 aliphatic rings. The molecule has 6 atom stereocenters. The fraction of sp³-hybridized carbons (Fsp3) is 0.591. The number of ketones is 2. The first kappa shape index (κ1) is 18.5. The zero-order valence-corrected chi connectivity index (χ0v) is 15.7. The molecule has 0 bridgehead atoms. The van der Waals surface area contributed by atoms with E-state index in [1.54, 1.807) is 13.0 Å². The molecule has 27 heavy (non-hydrogen) atoms. The van der Waals surface area contributed by atoms with Crippen molar-refractivity contribution in [2.75, 3.05) is 0 Å². The van der Waals surface area contributed by atoms with Crippen LogP contribution in [0.25, 0.3) is 0 Å². The Bertz CT molecular complexity index is 824. The van der Waals surface area contributed by atoms with Crippen molar-refractivity contribution >= 4 is 17.9 Å². The van der Waals surface area contributed by atoms with Crippen LogP contribution in [0.2, 0.25) is 0 Å². The lowest BCUT2D eigenvalue weighted by Gasteiger charge is -2.61. The van der Waals surface area contributed by atoms with E-state index in [1.165, 1.54) is 12.2 Å². The average Bonchev–Trinajstić information content (AvgIpc) is 2.94. The summed E-state index contributed by atoms with van der Waals surface area (Å²) in [5, 5.41) is 11.0. The van der Waals surface area contributed by atoms with Crippen LogP contribution in [0, 0.1) is 22.7 Å². The summed E-state index contributed by atoms with van der Waals surface area (Å²) >= 11 is 0. The highest BCUT2D eigenvalue weighted by molar-refractivity contribution is 6.03. The Labute approximate surface area is 158 Å². The van der Waals surface area contributed by atoms with Crippen LogP contribution in [0.4, 0.5) is 4.39 Å². The molecule has 4 aliphatic carbocycles. The van der Waals surface area contributed by atoms with E-state index in [9.17, 15) is 19.5 Å². The van der Waals surface area contributed by atoms with Gasteiger partial charge in [0.15, 0.2) is 17.2 Å². The molecule has 4 rings (SSSR count). The third-order valence-corrected chi connectivity index (χ3v) is 7.79. The van der Waals surface area contributed by atoms with Gasteiger partial charge in [-0.05, 0) is 56.3 Å². The number of hydrogen-bond acceptors (Lipinski definition) is 4. The smallest absolute Gasteiger partial charge is 0.178 e. The van der Waals surface area contributed by atoms with Crippen molar-refractivity contribution in [2.24, 2.45) is 22.7 Å². The van der Waals surface area contributed by atoms with Crippen LogP contribution in [0.3, 0.4) is 0 Å². The van der Waals surface area contributed by atoms with E-state index >= 15 is 4.39 Å². The van der Waals surface area contributed by atoms with Crippen LogP contribution in [0.15, 0.2) is 35.5 Å². The monoisotopic (exact) mass is 372 g/mol. The van der Waals surface area contributed by atoms with Crippen molar-refractivity contribution < 1.29 is 23.9 Å². The maximum Gasteiger partial charge on any atom is 0.178 e. The van der Waals surface area contributed by atoms with E-state index in [1.807, 2.05) is 13.0 Å². The van der Waals surface area contributed by atoms with Crippen LogP contribution in [-0.2, 0) is 14.4 Å². The molecule has 2 saturated carbocycles. The number of aliphatic hydroxyl groups is 1. The van der Waals surface area contributed by atoms with Crippen molar-refractivity contribution in [2.45, 2.75) is 57.7 Å². The molecule has 0 saturated heterocycles. The number of fused-ring (bicyclic) bond motifs is 5. The Morgan fingerprint density at radius 2 is 2.11 bits per heavy atom. The van der Waals surface area contributed by atoms with E-state index in [-0.39, 0.29) is 30.3 Å². The Kier molecular flexibility index (Phi) is 3.97. The molecule has 0 heterocycles. The van der Waals surface area contributed by atoms with Gasteiger partial charge in [0, 0.05) is 16.7 Å². The van der Waals surface area contributed by atoms with Crippen LogP contribution in [-0.4, -0.2) is 34.7 Å². The van der Waals surface area contributed by atoms with Gasteiger partial charge in [-0.15, -0.1) is 0 Å². The van der Waals surface area contributed by atoms with Gasteiger partial charge in [-0.25, -0.2) is 4.39 Å². The number of carbonyl (C=O) groups excluding carboxylic acids is 3. The van der Waals surface area contributed by atoms with Gasteiger partial charge in [0.05, 0.1) is 12.5 Å². The van der Waals surface area contributed by atoms with E-state index < -0.39 is 28.5 Å². The first-order valence-electron chi connectivity index (χ1n) is 9.67. The van der Waals surface area contributed by atoms with Gasteiger partial charge in [-0.2, -0.15) is 0 Å². The topological polar surface area (TPSA) is 71.4 Å². The van der Waals surface area contributed by atoms with Crippen molar-refractivity contribution in [3.8, 4) is 0 Å². The normalized spacial score (nSPS) is 45.3. The van der Waals surface area contributed by atoms with Crippen molar-refractivity contribution in [3.63, 3.8) is 0 Å². The molecule has 4 nitrogen and oxygen atoms in total. The van der Waals surface area contributed by atoms with Gasteiger partial charge in [-0.3, -0.25) is 9.59 Å². The first-order chi connectivity index (χ1) is 12.7. The number of allylic oxidation sites excluding steroid dienone is 6. The Balaban J connectivity index is 1.76. The molecule has 0 aromatic rings. The Hall–Kier alpha value is -1.88. The summed E-state index contributed by atoms with van der Waals surface area (Å²) in [5.41, 5.74) is -2.19. The minimum absolute atomic E-state index is 0.0964. The Morgan fingerprint density at radius 1 is 1.37 bits per heavy atom. The first-order valence-corrected chi connectivity index (χ1v) is 9.67. The highest BCUT2D eigenvalue weighted by atomic mass is 19.1. The zero-order valence-electron chi connectivity index (χ0n) is 15.7. The van der Waals surface area contributed by atoms with E-state index in [0.29, 0.717) is 31.1 Å². The summed E-state index contributed by atoms with van der Waals surface area (Å²) in [6.07, 6.45) is 7.45. The molecule has 2 fully saturated rings. The molecule has 0 amide bonds. The molecule has 1 unspecified atom stereocenters. The number of hydrogen-bond donors (Lipinski definition) is 1. The maximum absolute atomic E-state index is 16.7. The van der Waals surface area contributed by atoms with E-state index in [2.05, 4.69) is 0 Å². The second-order valence-corrected chi connectivity index (χ2v) is 8.91. The lowest BCUT2D eigenvalue weighted by atomic mass is 9.45. The summed E-state index contributed by atoms with van der Waals surface area (Å²) in [6, 6.07) is 0. The van der Waals surface area contributed by atoms with Crippen LogP contribution in [0.5, 0.6) is 0 Å². The van der Waals surface area contributed by atoms with Crippen molar-refractivity contribution in [1.29, 1.82) is 0 Å². The van der Waals surface area contributed by atoms with E-state index in [0.717, 1.165) is 5.57 Å². The molecule has 5 heteroatoms. The third kappa shape index (κ3) is 2.21. The zero-order chi connectivity index (χ0) is 19.6. The lowest BCUT2D eigenvalue weighted by Crippen LogP contribution is -2.66. The molecular formula is C22H25FO4. The number of alkyl halides is 1. The second-order valence-electron chi connectivity index (χ2n) is 8.91. The van der Waals surface area contributed by atoms with Crippen molar-refractivity contribution in [3.05, 3.63) is 35.5 Å². The second kappa shape index (κ2) is 5.81. The summed E-state index contributed by atoms with van der Waals surface area (Å²) < 4.78 is 16.7. The number of aldehydes is 1. The summed E-state index contributed by atoms with van der Waals surface area (Å²) in [6.45, 7) is 3.70. The Morgan fingerprint density at radius 3 is 2.81 bits per heavy atom. The number of rotatable bonds is 3. The number of carbonyl (C=O) groups is 3. The molecule has 0 aromatic carbocycles. The molecule has 0 radical (unpaired) electrons. The fourth-order valence-electron chi connectivity index (χ4n) is 6.40. The molecule has 0 spiro atoms. The van der Waals surface area contributed by atoms with Crippen molar-refractivity contribution in [1.82, 2.24) is 0 Å². The molecule has 0 aliphatic heterocycles. The highest BCUT2D eigenvalue weighted by Crippen LogP contribution is 2.67. The predicted octanol–water partition coefficient (Wildman–Crippen LogP) is 3.05. The van der Waals surface area contributed by atoms with Gasteiger partial charge in [0.2, 0.25) is 0 Å². The van der Waals surface area contributed by atoms with Gasteiger partial charge in [0.1, 0.15) is 6.29 Å². The minimum Gasteiger partial charge on any atom is -0.390 e. The van der Waals surface area contributed by atoms with Gasteiger partial charge in [0.25, 0.3) is 0 Å². The third-order valence-electron chi connectivity index (χ3n) is 7.79. The number of Topliss-reactive ketones (excluding diaryl/α,β-unsaturated/α-hetero) is 1. The number of halogens is 1. The average molecular weight is 372 g/mol. The van der Waals surface area contributed by atoms with Crippen LogP contribution >= 0.6 is 0 Å². The van der Waals surface area contributed by atoms with Crippen LogP contribution < -0.4 is 0 Å². The lowest BCUT2D eigenvalue weighted by molar-refractivity contribution is -0.185. The summed E-state index contributed by atoms with van der Waals surface area (Å²) in [5.74, 6) is -0.867. The maximum atomic E-state index is 16.7. The molecular weight excluding hydrogens is 347 g/mol. The summed E-state index contributed by atoms with van der Waals surface area (Å²) in [4.78, 5) is 35.1. The van der Waals surface area contributed by atoms with Gasteiger partial charge < -0.3 is 9.90 Å². The molecule has 144 valence electrons. The standard InChI is InChI=1S/C22H25FO4/c1-20-12-19(27)22(23)16(15(20)5-6-17(20)18(26)8-10-24)4-3-13-11-14(25)7-9-21(13,22)2/h6-7,9-11,15-16,19,27H,3-5,8,12H2,1-2H3/t15-,16-,19?,20-,21-,22-/m0/s1. The van der Waals surface area contributed by atoms with E-state index in [4.69, 9.17) is 0 Å². The predicted molar refractivity (Wildman–Crippen MR) is 97.5 cm³/mol. The molecule has 0 aromatic heterocycles. The highest BCUT2D eigenvalue weighted by Gasteiger charge is 2.69. The minimum atomic E-state index is -1.88. The fourth-order valence-corrected chi connectivity index (χ4v) is 6.40. The largest absolute Gasteiger partial charge is 0.390 e. The number of aliphatic hydroxyl groups excluding tert-OH is 1.